The lowest BCUT2D eigenvalue weighted by Crippen LogP contribution is -2.58. The molecule has 1 saturated carbocycles. The van der Waals surface area contributed by atoms with E-state index in [1.54, 1.807) is 0 Å². The van der Waals surface area contributed by atoms with E-state index in [9.17, 15) is 10.2 Å². The van der Waals surface area contributed by atoms with Gasteiger partial charge in [-0.15, -0.1) is 0 Å². The van der Waals surface area contributed by atoms with Crippen molar-refractivity contribution in [2.24, 2.45) is 0 Å². The summed E-state index contributed by atoms with van der Waals surface area (Å²) in [4.78, 5) is 0. The summed E-state index contributed by atoms with van der Waals surface area (Å²) in [6.45, 7) is 1.02. The van der Waals surface area contributed by atoms with Crippen LogP contribution in [0.5, 0.6) is 0 Å². The zero-order valence-electron chi connectivity index (χ0n) is 18.0. The lowest BCUT2D eigenvalue weighted by Gasteiger charge is -2.43. The van der Waals surface area contributed by atoms with Gasteiger partial charge in [-0.2, -0.15) is 0 Å². The van der Waals surface area contributed by atoms with Crippen LogP contribution in [0.4, 0.5) is 0 Å². The Hall–Kier alpha value is -2.54. The van der Waals surface area contributed by atoms with Crippen LogP contribution < -0.4 is 0 Å². The Balaban J connectivity index is 1.50. The van der Waals surface area contributed by atoms with Crippen LogP contribution in [0, 0.1) is 0 Å². The molecule has 1 aliphatic rings. The molecule has 1 unspecified atom stereocenters. The van der Waals surface area contributed by atoms with Gasteiger partial charge >= 0.3 is 0 Å². The third kappa shape index (κ3) is 6.03. The molecule has 5 atom stereocenters. The Kier molecular flexibility index (Phi) is 8.04. The summed E-state index contributed by atoms with van der Waals surface area (Å²) in [5.74, 6) is 0. The minimum atomic E-state index is -0.855. The second-order valence-corrected chi connectivity index (χ2v) is 8.15. The second kappa shape index (κ2) is 11.4. The van der Waals surface area contributed by atoms with E-state index in [1.807, 2.05) is 91.0 Å². The third-order valence-electron chi connectivity index (χ3n) is 5.74. The fourth-order valence-electron chi connectivity index (χ4n) is 4.04. The molecule has 0 bridgehead atoms. The Morgan fingerprint density at radius 3 is 1.16 bits per heavy atom. The molecule has 0 amide bonds. The first kappa shape index (κ1) is 22.6. The Morgan fingerprint density at radius 1 is 0.500 bits per heavy atom. The summed E-state index contributed by atoms with van der Waals surface area (Å²) in [5.41, 5.74) is 3.02. The van der Waals surface area contributed by atoms with Gasteiger partial charge in [-0.05, 0) is 16.7 Å². The highest BCUT2D eigenvalue weighted by atomic mass is 16.6. The number of hydrogen-bond donors (Lipinski definition) is 2. The molecule has 168 valence electrons. The van der Waals surface area contributed by atoms with Crippen LogP contribution in [0.3, 0.4) is 0 Å². The summed E-state index contributed by atoms with van der Waals surface area (Å²) in [6.07, 6.45) is -3.41. The first-order chi connectivity index (χ1) is 15.7. The lowest BCUT2D eigenvalue weighted by atomic mass is 9.86. The van der Waals surface area contributed by atoms with Gasteiger partial charge in [-0.25, -0.2) is 0 Å². The van der Waals surface area contributed by atoms with E-state index in [4.69, 9.17) is 14.2 Å². The van der Waals surface area contributed by atoms with Crippen molar-refractivity contribution in [3.63, 3.8) is 0 Å². The number of rotatable bonds is 9. The molecule has 0 spiro atoms. The van der Waals surface area contributed by atoms with E-state index >= 15 is 0 Å². The van der Waals surface area contributed by atoms with Crippen molar-refractivity contribution in [3.8, 4) is 0 Å². The fourth-order valence-corrected chi connectivity index (χ4v) is 4.04. The van der Waals surface area contributed by atoms with Crippen LogP contribution in [0.1, 0.15) is 23.1 Å². The summed E-state index contributed by atoms with van der Waals surface area (Å²) >= 11 is 0. The average Bonchev–Trinajstić information content (AvgIpc) is 2.83. The SMILES string of the molecule is O[C@@H]1C[C@H](O)[C@@H](OCc2ccccc2)C(OCc2ccccc2)[C@H]1OCc1ccccc1. The van der Waals surface area contributed by atoms with Crippen molar-refractivity contribution in [3.05, 3.63) is 108 Å². The van der Waals surface area contributed by atoms with Gasteiger partial charge in [-0.1, -0.05) is 91.0 Å². The molecular weight excluding hydrogens is 404 g/mol. The minimum absolute atomic E-state index is 0.171. The van der Waals surface area contributed by atoms with Crippen LogP contribution in [-0.2, 0) is 34.0 Å². The first-order valence-electron chi connectivity index (χ1n) is 11.0. The number of benzene rings is 3. The van der Waals surface area contributed by atoms with Crippen molar-refractivity contribution in [2.75, 3.05) is 0 Å². The smallest absolute Gasteiger partial charge is 0.115 e. The van der Waals surface area contributed by atoms with E-state index in [-0.39, 0.29) is 6.42 Å². The van der Waals surface area contributed by atoms with Crippen LogP contribution >= 0.6 is 0 Å². The molecule has 0 aromatic heterocycles. The molecule has 0 radical (unpaired) electrons. The monoisotopic (exact) mass is 434 g/mol. The van der Waals surface area contributed by atoms with Gasteiger partial charge in [0.15, 0.2) is 0 Å². The van der Waals surface area contributed by atoms with Gasteiger partial charge in [0.05, 0.1) is 32.0 Å². The number of ether oxygens (including phenoxy) is 3. The lowest BCUT2D eigenvalue weighted by molar-refractivity contribution is -0.231. The Morgan fingerprint density at radius 2 is 0.812 bits per heavy atom. The number of hydrogen-bond acceptors (Lipinski definition) is 5. The predicted octanol–water partition coefficient (Wildman–Crippen LogP) is 3.87. The van der Waals surface area contributed by atoms with Crippen LogP contribution in [0.2, 0.25) is 0 Å². The van der Waals surface area contributed by atoms with E-state index < -0.39 is 30.5 Å². The van der Waals surface area contributed by atoms with Gasteiger partial charge in [-0.3, -0.25) is 0 Å². The van der Waals surface area contributed by atoms with E-state index in [2.05, 4.69) is 0 Å². The van der Waals surface area contributed by atoms with Crippen molar-refractivity contribution in [1.29, 1.82) is 0 Å². The Bertz CT molecular complexity index is 863. The van der Waals surface area contributed by atoms with Crippen molar-refractivity contribution < 1.29 is 24.4 Å². The van der Waals surface area contributed by atoms with E-state index in [1.165, 1.54) is 0 Å². The fraction of sp³-hybridized carbons (Fsp3) is 0.333. The van der Waals surface area contributed by atoms with Crippen molar-refractivity contribution in [1.82, 2.24) is 0 Å². The summed E-state index contributed by atoms with van der Waals surface area (Å²) in [7, 11) is 0. The molecule has 1 fully saturated rings. The first-order valence-corrected chi connectivity index (χ1v) is 11.0. The number of aliphatic hydroxyl groups excluding tert-OH is 2. The highest BCUT2D eigenvalue weighted by molar-refractivity contribution is 5.15. The van der Waals surface area contributed by atoms with Crippen LogP contribution in [0.25, 0.3) is 0 Å². The molecule has 0 saturated heterocycles. The molecule has 3 aromatic rings. The molecule has 32 heavy (non-hydrogen) atoms. The Labute approximate surface area is 189 Å². The molecule has 0 aliphatic heterocycles. The topological polar surface area (TPSA) is 68.2 Å². The maximum atomic E-state index is 10.8. The highest BCUT2D eigenvalue weighted by Crippen LogP contribution is 2.30. The highest BCUT2D eigenvalue weighted by Gasteiger charge is 2.46. The summed E-state index contributed by atoms with van der Waals surface area (Å²) in [6, 6.07) is 29.5. The molecular formula is C27H30O5. The molecule has 1 aliphatic carbocycles. The molecule has 3 aromatic carbocycles. The second-order valence-electron chi connectivity index (χ2n) is 8.15. The molecule has 5 nitrogen and oxygen atoms in total. The quantitative estimate of drug-likeness (QED) is 0.535. The zero-order valence-corrected chi connectivity index (χ0v) is 18.0. The molecule has 4 rings (SSSR count). The van der Waals surface area contributed by atoms with Gasteiger partial charge in [0.25, 0.3) is 0 Å². The predicted molar refractivity (Wildman–Crippen MR) is 122 cm³/mol. The summed E-state index contributed by atoms with van der Waals surface area (Å²) < 4.78 is 18.5. The maximum absolute atomic E-state index is 10.8. The third-order valence-corrected chi connectivity index (χ3v) is 5.74. The van der Waals surface area contributed by atoms with Gasteiger partial charge in [0, 0.05) is 6.42 Å². The van der Waals surface area contributed by atoms with E-state index in [0.717, 1.165) is 16.7 Å². The van der Waals surface area contributed by atoms with Gasteiger partial charge in [0.1, 0.15) is 18.3 Å². The normalized spacial score (nSPS) is 25.5. The van der Waals surface area contributed by atoms with Crippen molar-refractivity contribution >= 4 is 0 Å². The summed E-state index contributed by atoms with van der Waals surface area (Å²) in [5, 5.41) is 21.5. The minimum Gasteiger partial charge on any atom is -0.390 e. The zero-order chi connectivity index (χ0) is 22.2. The molecule has 0 heterocycles. The van der Waals surface area contributed by atoms with Crippen LogP contribution in [-0.4, -0.2) is 40.7 Å². The van der Waals surface area contributed by atoms with Crippen molar-refractivity contribution in [2.45, 2.75) is 56.8 Å². The van der Waals surface area contributed by atoms with Gasteiger partial charge < -0.3 is 24.4 Å². The van der Waals surface area contributed by atoms with E-state index in [0.29, 0.717) is 19.8 Å². The van der Waals surface area contributed by atoms with Crippen LogP contribution in [0.15, 0.2) is 91.0 Å². The maximum Gasteiger partial charge on any atom is 0.115 e. The number of aliphatic hydroxyl groups is 2. The molecule has 2 N–H and O–H groups in total. The average molecular weight is 435 g/mol. The largest absolute Gasteiger partial charge is 0.390 e. The molecule has 5 heteroatoms. The standard InChI is InChI=1S/C27H30O5/c28-23-16-24(29)26(31-18-21-12-6-2-7-13-21)27(32-19-22-14-8-3-9-15-22)25(23)30-17-20-10-4-1-5-11-20/h1-15,23-29H,16-19H2/t23-,24+,25+,26-,27?. The van der Waals surface area contributed by atoms with Gasteiger partial charge in [0.2, 0.25) is 0 Å².